The van der Waals surface area contributed by atoms with E-state index in [2.05, 4.69) is 17.0 Å². The maximum atomic E-state index is 10.1. The molecule has 130 valence electrons. The van der Waals surface area contributed by atoms with Gasteiger partial charge >= 0.3 is 0 Å². The maximum Gasteiger partial charge on any atom is 0.137 e. The Morgan fingerprint density at radius 3 is 2.88 bits per heavy atom. The third-order valence-electron chi connectivity index (χ3n) is 4.50. The SMILES string of the molecule is COc1cccc([C@@H]2C[C@H](O)CN2CCOc2ccccc2C#N)c1. The highest BCUT2D eigenvalue weighted by Gasteiger charge is 2.31. The summed E-state index contributed by atoms with van der Waals surface area (Å²) < 4.78 is 11.1. The van der Waals surface area contributed by atoms with Gasteiger partial charge in [0, 0.05) is 19.1 Å². The lowest BCUT2D eigenvalue weighted by atomic mass is 10.0. The van der Waals surface area contributed by atoms with Crippen molar-refractivity contribution in [1.82, 2.24) is 4.90 Å². The average Bonchev–Trinajstić information content (AvgIpc) is 3.03. The molecule has 1 heterocycles. The summed E-state index contributed by atoms with van der Waals surface area (Å²) in [5, 5.41) is 19.2. The number of β-amino-alcohol motifs (C(OH)–C–C–N with tert-alkyl or cyclic N) is 1. The van der Waals surface area contributed by atoms with Crippen LogP contribution < -0.4 is 9.47 Å². The lowest BCUT2D eigenvalue weighted by molar-refractivity contribution is 0.161. The molecule has 0 unspecified atom stereocenters. The molecule has 5 heteroatoms. The molecule has 0 aliphatic carbocycles. The van der Waals surface area contributed by atoms with Crippen molar-refractivity contribution >= 4 is 0 Å². The molecular weight excluding hydrogens is 316 g/mol. The molecule has 0 bridgehead atoms. The quantitative estimate of drug-likeness (QED) is 0.877. The van der Waals surface area contributed by atoms with Gasteiger partial charge in [0.05, 0.1) is 18.8 Å². The lowest BCUT2D eigenvalue weighted by Gasteiger charge is -2.24. The van der Waals surface area contributed by atoms with Gasteiger partial charge < -0.3 is 14.6 Å². The van der Waals surface area contributed by atoms with Crippen LogP contribution in [0.3, 0.4) is 0 Å². The molecule has 1 N–H and O–H groups in total. The predicted octanol–water partition coefficient (Wildman–Crippen LogP) is 2.75. The molecule has 0 spiro atoms. The number of ether oxygens (including phenoxy) is 2. The number of hydrogen-bond acceptors (Lipinski definition) is 5. The topological polar surface area (TPSA) is 65.7 Å². The van der Waals surface area contributed by atoms with E-state index >= 15 is 0 Å². The third-order valence-corrected chi connectivity index (χ3v) is 4.50. The van der Waals surface area contributed by atoms with Crippen molar-refractivity contribution in [3.8, 4) is 17.6 Å². The van der Waals surface area contributed by atoms with Crippen LogP contribution in [0.4, 0.5) is 0 Å². The maximum absolute atomic E-state index is 10.1. The predicted molar refractivity (Wildman–Crippen MR) is 94.6 cm³/mol. The van der Waals surface area contributed by atoms with Crippen molar-refractivity contribution in [3.05, 3.63) is 59.7 Å². The zero-order chi connectivity index (χ0) is 17.6. The molecule has 2 aromatic rings. The Bertz CT molecular complexity index is 757. The summed E-state index contributed by atoms with van der Waals surface area (Å²) in [6.45, 7) is 1.76. The van der Waals surface area contributed by atoms with E-state index in [1.807, 2.05) is 30.3 Å². The molecule has 1 aliphatic rings. The van der Waals surface area contributed by atoms with Gasteiger partial charge in [-0.1, -0.05) is 24.3 Å². The Labute approximate surface area is 148 Å². The highest BCUT2D eigenvalue weighted by Crippen LogP contribution is 2.33. The third kappa shape index (κ3) is 4.11. The van der Waals surface area contributed by atoms with E-state index in [-0.39, 0.29) is 12.1 Å². The summed E-state index contributed by atoms with van der Waals surface area (Å²) in [5.41, 5.74) is 1.67. The summed E-state index contributed by atoms with van der Waals surface area (Å²) in [6, 6.07) is 17.5. The fourth-order valence-electron chi connectivity index (χ4n) is 3.28. The van der Waals surface area contributed by atoms with Crippen LogP contribution in [0, 0.1) is 11.3 Å². The number of nitriles is 1. The second kappa shape index (κ2) is 8.02. The van der Waals surface area contributed by atoms with Crippen molar-refractivity contribution in [2.45, 2.75) is 18.6 Å². The number of rotatable bonds is 6. The van der Waals surface area contributed by atoms with Gasteiger partial charge in [0.15, 0.2) is 0 Å². The van der Waals surface area contributed by atoms with Crippen LogP contribution in [0.25, 0.3) is 0 Å². The van der Waals surface area contributed by atoms with E-state index in [0.717, 1.165) is 11.3 Å². The van der Waals surface area contributed by atoms with Gasteiger partial charge in [0.2, 0.25) is 0 Å². The first-order valence-corrected chi connectivity index (χ1v) is 8.39. The molecule has 0 radical (unpaired) electrons. The Kier molecular flexibility index (Phi) is 5.54. The van der Waals surface area contributed by atoms with Gasteiger partial charge in [-0.15, -0.1) is 0 Å². The molecule has 1 aliphatic heterocycles. The molecule has 5 nitrogen and oxygen atoms in total. The summed E-state index contributed by atoms with van der Waals surface area (Å²) >= 11 is 0. The molecule has 1 saturated heterocycles. The van der Waals surface area contributed by atoms with E-state index in [1.54, 1.807) is 19.2 Å². The van der Waals surface area contributed by atoms with Gasteiger partial charge in [-0.3, -0.25) is 4.90 Å². The molecule has 0 aromatic heterocycles. The Balaban J connectivity index is 1.65. The minimum absolute atomic E-state index is 0.139. The number of methoxy groups -OCH3 is 1. The largest absolute Gasteiger partial charge is 0.497 e. The van der Waals surface area contributed by atoms with Crippen molar-refractivity contribution in [3.63, 3.8) is 0 Å². The van der Waals surface area contributed by atoms with E-state index in [9.17, 15) is 5.11 Å². The van der Waals surface area contributed by atoms with E-state index in [0.29, 0.717) is 37.4 Å². The number of nitrogens with zero attached hydrogens (tertiary/aromatic N) is 2. The standard InChI is InChI=1S/C20H22N2O3/c1-24-18-7-4-6-15(11-18)19-12-17(23)14-22(19)9-10-25-20-8-3-2-5-16(20)13-21/h2-8,11,17,19,23H,9-10,12,14H2,1H3/t17-,19-/m0/s1. The minimum atomic E-state index is -0.345. The van der Waals surface area contributed by atoms with Crippen LogP contribution >= 0.6 is 0 Å². The summed E-state index contributed by atoms with van der Waals surface area (Å²) in [4.78, 5) is 2.22. The van der Waals surface area contributed by atoms with Gasteiger partial charge in [-0.25, -0.2) is 0 Å². The normalized spacial score (nSPS) is 20.2. The second-order valence-electron chi connectivity index (χ2n) is 6.13. The molecule has 1 fully saturated rings. The minimum Gasteiger partial charge on any atom is -0.497 e. The van der Waals surface area contributed by atoms with Crippen molar-refractivity contribution in [2.24, 2.45) is 0 Å². The first-order chi connectivity index (χ1) is 12.2. The van der Waals surface area contributed by atoms with Crippen molar-refractivity contribution in [2.75, 3.05) is 26.8 Å². The molecule has 2 aromatic carbocycles. The number of aliphatic hydroxyl groups excluding tert-OH is 1. The highest BCUT2D eigenvalue weighted by molar-refractivity contribution is 5.42. The summed E-state index contributed by atoms with van der Waals surface area (Å²) in [6.07, 6.45) is 0.352. The van der Waals surface area contributed by atoms with Crippen molar-refractivity contribution < 1.29 is 14.6 Å². The lowest BCUT2D eigenvalue weighted by Crippen LogP contribution is -2.29. The smallest absolute Gasteiger partial charge is 0.137 e. The number of likely N-dealkylation sites (tertiary alicyclic amines) is 1. The number of para-hydroxylation sites is 1. The van der Waals surface area contributed by atoms with Gasteiger partial charge in [0.25, 0.3) is 0 Å². The first kappa shape index (κ1) is 17.3. The van der Waals surface area contributed by atoms with Crippen LogP contribution in [0.5, 0.6) is 11.5 Å². The van der Waals surface area contributed by atoms with E-state index in [1.165, 1.54) is 0 Å². The monoisotopic (exact) mass is 338 g/mol. The number of hydrogen-bond donors (Lipinski definition) is 1. The highest BCUT2D eigenvalue weighted by atomic mass is 16.5. The van der Waals surface area contributed by atoms with Crippen LogP contribution in [0.15, 0.2) is 48.5 Å². The van der Waals surface area contributed by atoms with Gasteiger partial charge in [0.1, 0.15) is 24.2 Å². The summed E-state index contributed by atoms with van der Waals surface area (Å²) in [5.74, 6) is 1.42. The van der Waals surface area contributed by atoms with E-state index < -0.39 is 0 Å². The molecule has 0 amide bonds. The fourth-order valence-corrected chi connectivity index (χ4v) is 3.28. The van der Waals surface area contributed by atoms with Crippen LogP contribution in [0.1, 0.15) is 23.6 Å². The number of benzene rings is 2. The molecular formula is C20H22N2O3. The molecule has 3 rings (SSSR count). The van der Waals surface area contributed by atoms with Crippen LogP contribution in [-0.2, 0) is 0 Å². The molecule has 2 atom stereocenters. The summed E-state index contributed by atoms with van der Waals surface area (Å²) in [7, 11) is 1.65. The van der Waals surface area contributed by atoms with Crippen LogP contribution in [0.2, 0.25) is 0 Å². The van der Waals surface area contributed by atoms with E-state index in [4.69, 9.17) is 14.7 Å². The number of aliphatic hydroxyl groups is 1. The van der Waals surface area contributed by atoms with Crippen LogP contribution in [-0.4, -0.2) is 42.9 Å². The first-order valence-electron chi connectivity index (χ1n) is 8.39. The Hall–Kier alpha value is -2.55. The molecule has 25 heavy (non-hydrogen) atoms. The van der Waals surface area contributed by atoms with Gasteiger partial charge in [-0.05, 0) is 36.2 Å². The molecule has 0 saturated carbocycles. The zero-order valence-corrected chi connectivity index (χ0v) is 14.3. The zero-order valence-electron chi connectivity index (χ0n) is 14.3. The average molecular weight is 338 g/mol. The Morgan fingerprint density at radius 2 is 2.08 bits per heavy atom. The second-order valence-corrected chi connectivity index (χ2v) is 6.13. The fraction of sp³-hybridized carbons (Fsp3) is 0.350. The van der Waals surface area contributed by atoms with Gasteiger partial charge in [-0.2, -0.15) is 5.26 Å². The Morgan fingerprint density at radius 1 is 1.24 bits per heavy atom. The van der Waals surface area contributed by atoms with Crippen molar-refractivity contribution in [1.29, 1.82) is 5.26 Å².